The van der Waals surface area contributed by atoms with Gasteiger partial charge in [-0.25, -0.2) is 0 Å². The minimum absolute atomic E-state index is 0.0405. The number of benzene rings is 1. The normalized spacial score (nSPS) is 19.0. The molecule has 0 saturated heterocycles. The molecule has 0 unspecified atom stereocenters. The molecule has 1 atom stereocenters. The van der Waals surface area contributed by atoms with Crippen molar-refractivity contribution in [2.45, 2.75) is 18.8 Å². The molecule has 4 heteroatoms. The molecule has 0 spiro atoms. The number of halogens is 1. The highest BCUT2D eigenvalue weighted by atomic mass is 35.5. The quantitative estimate of drug-likeness (QED) is 0.832. The van der Waals surface area contributed by atoms with Gasteiger partial charge in [0, 0.05) is 29.3 Å². The van der Waals surface area contributed by atoms with Crippen LogP contribution in [-0.2, 0) is 4.79 Å². The molecule has 1 amide bonds. The van der Waals surface area contributed by atoms with E-state index in [-0.39, 0.29) is 24.0 Å². The maximum absolute atomic E-state index is 11.6. The second-order valence-corrected chi connectivity index (χ2v) is 4.16. The Morgan fingerprint density at radius 2 is 2.27 bits per heavy atom. The van der Waals surface area contributed by atoms with Crippen molar-refractivity contribution < 1.29 is 9.59 Å². The van der Waals surface area contributed by atoms with Gasteiger partial charge < -0.3 is 5.73 Å². The first-order valence-electron chi connectivity index (χ1n) is 4.69. The van der Waals surface area contributed by atoms with Crippen molar-refractivity contribution in [1.82, 2.24) is 0 Å². The lowest BCUT2D eigenvalue weighted by atomic mass is 9.98. The van der Waals surface area contributed by atoms with Crippen molar-refractivity contribution in [2.24, 2.45) is 5.73 Å². The van der Waals surface area contributed by atoms with E-state index >= 15 is 0 Å². The summed E-state index contributed by atoms with van der Waals surface area (Å²) in [5.74, 6) is -0.406. The van der Waals surface area contributed by atoms with E-state index in [1.54, 1.807) is 18.2 Å². The SMILES string of the molecule is NC(=O)C[C@@H]1CC(=O)c2cc(Cl)ccc21. The number of amides is 1. The molecule has 0 bridgehead atoms. The Balaban J connectivity index is 2.38. The topological polar surface area (TPSA) is 60.2 Å². The van der Waals surface area contributed by atoms with Gasteiger partial charge in [-0.3, -0.25) is 9.59 Å². The van der Waals surface area contributed by atoms with Gasteiger partial charge in [-0.1, -0.05) is 17.7 Å². The van der Waals surface area contributed by atoms with Crippen LogP contribution >= 0.6 is 11.6 Å². The van der Waals surface area contributed by atoms with E-state index in [0.29, 0.717) is 17.0 Å². The van der Waals surface area contributed by atoms with Crippen molar-refractivity contribution >= 4 is 23.3 Å². The van der Waals surface area contributed by atoms with Gasteiger partial charge in [-0.2, -0.15) is 0 Å². The Kier molecular flexibility index (Phi) is 2.49. The van der Waals surface area contributed by atoms with Crippen molar-refractivity contribution in [3.05, 3.63) is 34.3 Å². The first-order chi connectivity index (χ1) is 7.08. The highest BCUT2D eigenvalue weighted by molar-refractivity contribution is 6.31. The van der Waals surface area contributed by atoms with Gasteiger partial charge >= 0.3 is 0 Å². The molecule has 0 radical (unpaired) electrons. The van der Waals surface area contributed by atoms with Crippen LogP contribution in [0.1, 0.15) is 34.7 Å². The van der Waals surface area contributed by atoms with Crippen LogP contribution in [0.5, 0.6) is 0 Å². The number of rotatable bonds is 2. The number of carbonyl (C=O) groups is 2. The molecule has 15 heavy (non-hydrogen) atoms. The Bertz CT molecular complexity index is 442. The second-order valence-electron chi connectivity index (χ2n) is 3.73. The summed E-state index contributed by atoms with van der Waals surface area (Å²) in [5.41, 5.74) is 6.65. The number of nitrogens with two attached hydrogens (primary N) is 1. The number of carbonyl (C=O) groups excluding carboxylic acids is 2. The molecule has 0 aliphatic heterocycles. The average molecular weight is 224 g/mol. The molecular formula is C11H10ClNO2. The van der Waals surface area contributed by atoms with E-state index in [0.717, 1.165) is 5.56 Å². The molecule has 1 aromatic carbocycles. The minimum atomic E-state index is -0.379. The summed E-state index contributed by atoms with van der Waals surface area (Å²) in [7, 11) is 0. The molecule has 2 rings (SSSR count). The molecule has 3 nitrogen and oxygen atoms in total. The van der Waals surface area contributed by atoms with Crippen LogP contribution < -0.4 is 5.73 Å². The van der Waals surface area contributed by atoms with E-state index in [1.165, 1.54) is 0 Å². The lowest BCUT2D eigenvalue weighted by molar-refractivity contribution is -0.118. The highest BCUT2D eigenvalue weighted by Crippen LogP contribution is 2.36. The number of ketones is 1. The molecule has 0 aromatic heterocycles. The maximum atomic E-state index is 11.6. The van der Waals surface area contributed by atoms with Crippen LogP contribution in [0, 0.1) is 0 Å². The third kappa shape index (κ3) is 1.88. The summed E-state index contributed by atoms with van der Waals surface area (Å²) in [6.45, 7) is 0. The summed E-state index contributed by atoms with van der Waals surface area (Å²) in [4.78, 5) is 22.4. The zero-order valence-corrected chi connectivity index (χ0v) is 8.75. The summed E-state index contributed by atoms with van der Waals surface area (Å²) in [5, 5.41) is 0.543. The predicted octanol–water partition coefficient (Wildman–Crippen LogP) is 1.89. The second kappa shape index (κ2) is 3.66. The number of hydrogen-bond acceptors (Lipinski definition) is 2. The van der Waals surface area contributed by atoms with Crippen LogP contribution in [0.25, 0.3) is 0 Å². The van der Waals surface area contributed by atoms with Crippen molar-refractivity contribution in [1.29, 1.82) is 0 Å². The Morgan fingerprint density at radius 1 is 1.53 bits per heavy atom. The van der Waals surface area contributed by atoms with E-state index in [1.807, 2.05) is 0 Å². The maximum Gasteiger partial charge on any atom is 0.218 e. The van der Waals surface area contributed by atoms with Crippen molar-refractivity contribution in [2.75, 3.05) is 0 Å². The Hall–Kier alpha value is -1.35. The molecule has 78 valence electrons. The fourth-order valence-electron chi connectivity index (χ4n) is 1.99. The van der Waals surface area contributed by atoms with E-state index in [2.05, 4.69) is 0 Å². The molecule has 1 aromatic rings. The number of Topliss-reactive ketones (excluding diaryl/α,β-unsaturated/α-hetero) is 1. The van der Waals surface area contributed by atoms with E-state index in [4.69, 9.17) is 17.3 Å². The van der Waals surface area contributed by atoms with Crippen LogP contribution in [0.15, 0.2) is 18.2 Å². The number of hydrogen-bond donors (Lipinski definition) is 1. The van der Waals surface area contributed by atoms with Gasteiger partial charge in [-0.15, -0.1) is 0 Å². The first kappa shape index (κ1) is 10.2. The third-order valence-electron chi connectivity index (χ3n) is 2.63. The van der Waals surface area contributed by atoms with Gasteiger partial charge in [0.15, 0.2) is 5.78 Å². The first-order valence-corrected chi connectivity index (χ1v) is 5.06. The lowest BCUT2D eigenvalue weighted by Crippen LogP contribution is -2.14. The average Bonchev–Trinajstić information content (AvgIpc) is 2.42. The summed E-state index contributed by atoms with van der Waals surface area (Å²) in [6, 6.07) is 5.18. The summed E-state index contributed by atoms with van der Waals surface area (Å²) in [6.07, 6.45) is 0.582. The summed E-state index contributed by atoms with van der Waals surface area (Å²) >= 11 is 5.80. The standard InChI is InChI=1S/C11H10ClNO2/c12-7-1-2-8-6(4-11(13)15)3-10(14)9(8)5-7/h1-2,5-6H,3-4H2,(H2,13,15)/t6-/m0/s1. The van der Waals surface area contributed by atoms with Crippen LogP contribution in [0.4, 0.5) is 0 Å². The number of primary amides is 1. The Morgan fingerprint density at radius 3 is 2.93 bits per heavy atom. The van der Waals surface area contributed by atoms with Crippen molar-refractivity contribution in [3.63, 3.8) is 0 Å². The molecule has 1 aliphatic carbocycles. The van der Waals surface area contributed by atoms with E-state index < -0.39 is 0 Å². The van der Waals surface area contributed by atoms with Crippen LogP contribution in [-0.4, -0.2) is 11.7 Å². The monoisotopic (exact) mass is 223 g/mol. The van der Waals surface area contributed by atoms with Gasteiger partial charge in [0.2, 0.25) is 5.91 Å². The molecule has 0 heterocycles. The van der Waals surface area contributed by atoms with Gasteiger partial charge in [0.05, 0.1) is 0 Å². The van der Waals surface area contributed by atoms with Crippen LogP contribution in [0.2, 0.25) is 5.02 Å². The fourth-order valence-corrected chi connectivity index (χ4v) is 2.17. The van der Waals surface area contributed by atoms with Gasteiger partial charge in [0.25, 0.3) is 0 Å². The number of fused-ring (bicyclic) bond motifs is 1. The Labute approximate surface area is 92.2 Å². The highest BCUT2D eigenvalue weighted by Gasteiger charge is 2.30. The van der Waals surface area contributed by atoms with Crippen LogP contribution in [0.3, 0.4) is 0 Å². The fraction of sp³-hybridized carbons (Fsp3) is 0.273. The zero-order valence-electron chi connectivity index (χ0n) is 8.00. The molecule has 1 aliphatic rings. The van der Waals surface area contributed by atoms with Crippen molar-refractivity contribution in [3.8, 4) is 0 Å². The van der Waals surface area contributed by atoms with E-state index in [9.17, 15) is 9.59 Å². The molecule has 2 N–H and O–H groups in total. The predicted molar refractivity (Wildman–Crippen MR) is 57.0 cm³/mol. The van der Waals surface area contributed by atoms with Gasteiger partial charge in [0.1, 0.15) is 0 Å². The third-order valence-corrected chi connectivity index (χ3v) is 2.87. The minimum Gasteiger partial charge on any atom is -0.370 e. The largest absolute Gasteiger partial charge is 0.370 e. The zero-order chi connectivity index (χ0) is 11.0. The molecule has 0 saturated carbocycles. The summed E-state index contributed by atoms with van der Waals surface area (Å²) < 4.78 is 0. The van der Waals surface area contributed by atoms with Gasteiger partial charge in [-0.05, 0) is 17.7 Å². The molecule has 0 fully saturated rings. The lowest BCUT2D eigenvalue weighted by Gasteiger charge is -2.07. The molecular weight excluding hydrogens is 214 g/mol. The smallest absolute Gasteiger partial charge is 0.218 e.